The molecule has 0 aromatic heterocycles. The van der Waals surface area contributed by atoms with E-state index in [-0.39, 0.29) is 41.6 Å². The van der Waals surface area contributed by atoms with Crippen LogP contribution in [0.1, 0.15) is 39.0 Å². The van der Waals surface area contributed by atoms with Gasteiger partial charge in [0.25, 0.3) is 5.91 Å². The predicted molar refractivity (Wildman–Crippen MR) is 143 cm³/mol. The fourth-order valence-electron chi connectivity index (χ4n) is 7.23. The highest BCUT2D eigenvalue weighted by atomic mass is 19.1. The molecule has 214 valence electrons. The predicted octanol–water partition coefficient (Wildman–Crippen LogP) is 1.78. The molecule has 0 saturated heterocycles. The van der Waals surface area contributed by atoms with E-state index in [4.69, 9.17) is 5.73 Å². The molecule has 0 spiro atoms. The van der Waals surface area contributed by atoms with Crippen LogP contribution in [0.3, 0.4) is 0 Å². The molecule has 0 unspecified atom stereocenters. The van der Waals surface area contributed by atoms with Crippen LogP contribution in [0.15, 0.2) is 53.0 Å². The Morgan fingerprint density at radius 3 is 2.37 bits per heavy atom. The average Bonchev–Trinajstić information content (AvgIpc) is 3.31. The van der Waals surface area contributed by atoms with E-state index < -0.39 is 69.6 Å². The maximum absolute atomic E-state index is 16.0. The van der Waals surface area contributed by atoms with Crippen LogP contribution in [-0.4, -0.2) is 73.4 Å². The molecular formula is C30H30FN3O7. The maximum atomic E-state index is 16.0. The maximum Gasteiger partial charge on any atom is 0.255 e. The van der Waals surface area contributed by atoms with Crippen molar-refractivity contribution >= 4 is 17.5 Å². The van der Waals surface area contributed by atoms with Crippen LogP contribution >= 0.6 is 0 Å². The topological polar surface area (TPSA) is 165 Å². The Morgan fingerprint density at radius 2 is 1.78 bits per heavy atom. The number of aliphatic hydroxyl groups is 3. The van der Waals surface area contributed by atoms with E-state index >= 15 is 4.39 Å². The van der Waals surface area contributed by atoms with Crippen molar-refractivity contribution in [3.8, 4) is 5.75 Å². The number of aromatic hydroxyl groups is 1. The third-order valence-electron chi connectivity index (χ3n) is 9.03. The fourth-order valence-corrected chi connectivity index (χ4v) is 7.23. The number of phenols is 1. The van der Waals surface area contributed by atoms with Crippen LogP contribution in [-0.2, 0) is 35.6 Å². The van der Waals surface area contributed by atoms with Gasteiger partial charge in [0.05, 0.1) is 11.6 Å². The third-order valence-corrected chi connectivity index (χ3v) is 9.03. The van der Waals surface area contributed by atoms with Crippen molar-refractivity contribution in [2.45, 2.75) is 44.1 Å². The summed E-state index contributed by atoms with van der Waals surface area (Å²) < 4.78 is 16.0. The molecule has 2 aromatic rings. The third kappa shape index (κ3) is 3.76. The SMILES string of the molecule is CN(C)[C@@H]1C(O)=C(C(N)=O)C(=O)[C@@]2(O)C(O)=C3C(=O)c4c(O)cc(CN5Cc6ccccc6C5)c(F)c4C[C@H]3C[C@@H]12. The lowest BCUT2D eigenvalue weighted by Crippen LogP contribution is -2.63. The molecule has 10 nitrogen and oxygen atoms in total. The zero-order chi connectivity index (χ0) is 29.5. The number of phenolic OH excluding ortho intramolecular Hbond substituents is 1. The van der Waals surface area contributed by atoms with E-state index in [0.717, 1.165) is 11.1 Å². The van der Waals surface area contributed by atoms with Crippen LogP contribution in [0.5, 0.6) is 5.75 Å². The van der Waals surface area contributed by atoms with Crippen LogP contribution < -0.4 is 5.73 Å². The monoisotopic (exact) mass is 563 g/mol. The van der Waals surface area contributed by atoms with E-state index in [0.29, 0.717) is 13.1 Å². The zero-order valence-corrected chi connectivity index (χ0v) is 22.5. The normalized spacial score (nSPS) is 27.6. The number of Topliss-reactive ketones (excluding diaryl/α,β-unsaturated/α-hetero) is 2. The van der Waals surface area contributed by atoms with Gasteiger partial charge in [-0.15, -0.1) is 0 Å². The van der Waals surface area contributed by atoms with Gasteiger partial charge in [-0.3, -0.25) is 24.2 Å². The number of hydrogen-bond acceptors (Lipinski definition) is 9. The molecule has 1 aliphatic heterocycles. The van der Waals surface area contributed by atoms with Gasteiger partial charge in [0, 0.05) is 42.3 Å². The largest absolute Gasteiger partial charge is 0.510 e. The number of fused-ring (bicyclic) bond motifs is 4. The average molecular weight is 564 g/mol. The van der Waals surface area contributed by atoms with Gasteiger partial charge in [0.15, 0.2) is 11.4 Å². The molecule has 0 radical (unpaired) electrons. The summed E-state index contributed by atoms with van der Waals surface area (Å²) in [5, 5.41) is 44.8. The summed E-state index contributed by atoms with van der Waals surface area (Å²) in [4.78, 5) is 42.6. The van der Waals surface area contributed by atoms with Crippen molar-refractivity contribution in [2.75, 3.05) is 14.1 Å². The Balaban J connectivity index is 1.42. The van der Waals surface area contributed by atoms with E-state index in [1.807, 2.05) is 29.2 Å². The second-order valence-electron chi connectivity index (χ2n) is 11.6. The van der Waals surface area contributed by atoms with Crippen molar-refractivity contribution in [3.05, 3.63) is 86.6 Å². The number of likely N-dealkylation sites (N-methyl/N-ethyl adjacent to an activating group) is 1. The Bertz CT molecular complexity index is 1590. The minimum atomic E-state index is -2.73. The van der Waals surface area contributed by atoms with Crippen molar-refractivity contribution in [1.29, 1.82) is 0 Å². The number of halogens is 1. The number of nitrogens with two attached hydrogens (primary N) is 1. The molecule has 3 aliphatic carbocycles. The molecule has 6 rings (SSSR count). The summed E-state index contributed by atoms with van der Waals surface area (Å²) in [5.41, 5.74) is 3.57. The fraction of sp³-hybridized carbons (Fsp3) is 0.367. The first-order valence-electron chi connectivity index (χ1n) is 13.3. The van der Waals surface area contributed by atoms with Crippen LogP contribution in [0.25, 0.3) is 0 Å². The molecular weight excluding hydrogens is 533 g/mol. The van der Waals surface area contributed by atoms with E-state index in [1.165, 1.54) is 11.0 Å². The first-order valence-corrected chi connectivity index (χ1v) is 13.3. The lowest BCUT2D eigenvalue weighted by atomic mass is 9.58. The van der Waals surface area contributed by atoms with Crippen molar-refractivity contribution < 1.29 is 39.2 Å². The summed E-state index contributed by atoms with van der Waals surface area (Å²) >= 11 is 0. The first-order chi connectivity index (χ1) is 19.4. The lowest BCUT2D eigenvalue weighted by molar-refractivity contribution is -0.148. The van der Waals surface area contributed by atoms with E-state index in [1.54, 1.807) is 14.1 Å². The van der Waals surface area contributed by atoms with Gasteiger partial charge in [-0.1, -0.05) is 24.3 Å². The van der Waals surface area contributed by atoms with E-state index in [2.05, 4.69) is 0 Å². The van der Waals surface area contributed by atoms with Gasteiger partial charge in [0.2, 0.25) is 5.78 Å². The second-order valence-corrected chi connectivity index (χ2v) is 11.6. The number of hydrogen-bond donors (Lipinski definition) is 5. The standard InChI is InChI=1S/C30H30FN3O7/c1-33(2)24-18-8-15-7-17-21(25(36)20(15)27(38)30(18,41)28(39)22(26(24)37)29(32)40)19(35)9-16(23(17)31)12-34-10-13-5-3-4-6-14(13)11-34/h3-6,9,15,18,24,35,37-38,41H,7-8,10-12H2,1-2H3,(H2,32,40)/t15-,18-,24-,30-/m0/s1. The molecule has 4 aliphatic rings. The Morgan fingerprint density at radius 1 is 1.15 bits per heavy atom. The summed E-state index contributed by atoms with van der Waals surface area (Å²) in [5.74, 6) is -8.25. The molecule has 2 aromatic carbocycles. The number of carbonyl (C=O) groups excluding carboxylic acids is 3. The Hall–Kier alpha value is -4.06. The molecule has 1 amide bonds. The number of carbonyl (C=O) groups is 3. The van der Waals surface area contributed by atoms with Crippen LogP contribution in [0.4, 0.5) is 4.39 Å². The van der Waals surface area contributed by atoms with Gasteiger partial charge in [-0.25, -0.2) is 4.39 Å². The van der Waals surface area contributed by atoms with E-state index in [9.17, 15) is 34.8 Å². The quantitative estimate of drug-likeness (QED) is 0.349. The second kappa shape index (κ2) is 9.23. The molecule has 0 saturated carbocycles. The summed E-state index contributed by atoms with van der Waals surface area (Å²) in [6.45, 7) is 1.42. The molecule has 1 heterocycles. The van der Waals surface area contributed by atoms with Crippen LogP contribution in [0.2, 0.25) is 0 Å². The molecule has 0 fully saturated rings. The number of benzene rings is 2. The van der Waals surface area contributed by atoms with Gasteiger partial charge < -0.3 is 26.2 Å². The van der Waals surface area contributed by atoms with Gasteiger partial charge in [0.1, 0.15) is 28.7 Å². The number of amides is 1. The number of allylic oxidation sites excluding steroid dienone is 1. The number of ketones is 2. The van der Waals surface area contributed by atoms with Crippen LogP contribution in [0, 0.1) is 17.7 Å². The molecule has 0 bridgehead atoms. The summed E-state index contributed by atoms with van der Waals surface area (Å²) in [6, 6.07) is 7.99. The van der Waals surface area contributed by atoms with Crippen molar-refractivity contribution in [2.24, 2.45) is 17.6 Å². The summed E-state index contributed by atoms with van der Waals surface area (Å²) in [6.07, 6.45) is -0.195. The number of aliphatic hydroxyl groups excluding tert-OH is 2. The Labute approximate surface area is 234 Å². The Kier molecular flexibility index (Phi) is 6.11. The highest BCUT2D eigenvalue weighted by Gasteiger charge is 2.63. The molecule has 11 heteroatoms. The van der Waals surface area contributed by atoms with Gasteiger partial charge >= 0.3 is 0 Å². The molecule has 4 atom stereocenters. The highest BCUT2D eigenvalue weighted by molar-refractivity contribution is 6.24. The number of rotatable bonds is 4. The summed E-state index contributed by atoms with van der Waals surface area (Å²) in [7, 11) is 3.10. The van der Waals surface area contributed by atoms with Gasteiger partial charge in [-0.2, -0.15) is 0 Å². The smallest absolute Gasteiger partial charge is 0.255 e. The van der Waals surface area contributed by atoms with Crippen molar-refractivity contribution in [3.63, 3.8) is 0 Å². The highest BCUT2D eigenvalue weighted by Crippen LogP contribution is 2.52. The minimum Gasteiger partial charge on any atom is -0.510 e. The van der Waals surface area contributed by atoms with Crippen molar-refractivity contribution in [1.82, 2.24) is 9.80 Å². The first kappa shape index (κ1) is 27.1. The zero-order valence-electron chi connectivity index (χ0n) is 22.5. The minimum absolute atomic E-state index is 0.00479. The lowest BCUT2D eigenvalue weighted by Gasteiger charge is -2.50. The molecule has 6 N–H and O–H groups in total. The van der Waals surface area contributed by atoms with Gasteiger partial charge in [-0.05, 0) is 50.0 Å². The molecule has 41 heavy (non-hydrogen) atoms. The number of nitrogens with zero attached hydrogens (tertiary/aromatic N) is 2. The number of primary amides is 1.